The van der Waals surface area contributed by atoms with Crippen LogP contribution in [0.25, 0.3) is 0 Å². The smallest absolute Gasteiger partial charge is 0.248 e. The molecule has 1 aromatic rings. The van der Waals surface area contributed by atoms with Gasteiger partial charge in [0.1, 0.15) is 6.04 Å². The number of rotatable bonds is 4. The van der Waals surface area contributed by atoms with Gasteiger partial charge in [-0.2, -0.15) is 4.31 Å². The van der Waals surface area contributed by atoms with Crippen molar-refractivity contribution in [2.45, 2.75) is 68.2 Å². The number of sulfonamides is 1. The fourth-order valence-electron chi connectivity index (χ4n) is 4.62. The van der Waals surface area contributed by atoms with Crippen LogP contribution in [-0.4, -0.2) is 59.2 Å². The summed E-state index contributed by atoms with van der Waals surface area (Å²) in [5.41, 5.74) is 1.11. The van der Waals surface area contributed by atoms with E-state index in [0.29, 0.717) is 36.5 Å². The number of hydrogen-bond donors (Lipinski definition) is 1. The van der Waals surface area contributed by atoms with Crippen LogP contribution in [0.2, 0.25) is 0 Å². The Morgan fingerprint density at radius 2 is 1.90 bits per heavy atom. The van der Waals surface area contributed by atoms with Crippen LogP contribution in [0.15, 0.2) is 23.1 Å². The van der Waals surface area contributed by atoms with E-state index in [1.165, 1.54) is 0 Å². The Balaban J connectivity index is 1.55. The van der Waals surface area contributed by atoms with Crippen molar-refractivity contribution in [1.82, 2.24) is 9.21 Å². The Labute approximate surface area is 182 Å². The fraction of sp³-hybridized carbons (Fsp3) is 0.619. The molecule has 0 unspecified atom stereocenters. The second kappa shape index (κ2) is 8.16. The molecule has 0 saturated carbocycles. The molecular formula is C21H29N3O4S2. The minimum Gasteiger partial charge on any atom is -0.324 e. The molecule has 3 saturated heterocycles. The third-order valence-electron chi connectivity index (χ3n) is 6.39. The van der Waals surface area contributed by atoms with Crippen LogP contribution in [0, 0.1) is 6.92 Å². The maximum absolute atomic E-state index is 13.2. The monoisotopic (exact) mass is 451 g/mol. The van der Waals surface area contributed by atoms with Crippen LogP contribution >= 0.6 is 11.8 Å². The molecule has 3 aliphatic heterocycles. The predicted molar refractivity (Wildman–Crippen MR) is 118 cm³/mol. The molecule has 2 amide bonds. The van der Waals surface area contributed by atoms with Gasteiger partial charge >= 0.3 is 0 Å². The van der Waals surface area contributed by atoms with Gasteiger partial charge in [-0.1, -0.05) is 18.9 Å². The highest BCUT2D eigenvalue weighted by molar-refractivity contribution is 8.01. The van der Waals surface area contributed by atoms with Crippen molar-refractivity contribution in [2.75, 3.05) is 24.2 Å². The van der Waals surface area contributed by atoms with E-state index in [9.17, 15) is 18.0 Å². The van der Waals surface area contributed by atoms with E-state index in [1.807, 2.05) is 6.92 Å². The molecule has 4 rings (SSSR count). The molecule has 1 aromatic carbocycles. The zero-order chi connectivity index (χ0) is 21.5. The standard InChI is InChI=1S/C21H29N3O4S2/c1-15-7-8-16(13-18(15)30(27,28)23-11-5-3-4-6-12-23)22-20(26)17-14-29-21(2)10-9-19(25)24(17)21/h7-8,13,17H,3-6,9-12,14H2,1-2H3,(H,22,26)/t17-,21-/m0/s1. The van der Waals surface area contributed by atoms with E-state index >= 15 is 0 Å². The van der Waals surface area contributed by atoms with Gasteiger partial charge in [0, 0.05) is 31.0 Å². The highest BCUT2D eigenvalue weighted by atomic mass is 32.2. The van der Waals surface area contributed by atoms with Crippen molar-refractivity contribution in [2.24, 2.45) is 0 Å². The van der Waals surface area contributed by atoms with E-state index in [1.54, 1.807) is 46.1 Å². The lowest BCUT2D eigenvalue weighted by Crippen LogP contribution is -2.48. The second-order valence-electron chi connectivity index (χ2n) is 8.55. The number of amides is 2. The Bertz CT molecular complexity index is 957. The lowest BCUT2D eigenvalue weighted by atomic mass is 10.2. The molecule has 3 heterocycles. The molecule has 30 heavy (non-hydrogen) atoms. The lowest BCUT2D eigenvalue weighted by molar-refractivity contribution is -0.135. The van der Waals surface area contributed by atoms with Crippen LogP contribution in [0.4, 0.5) is 5.69 Å². The molecule has 9 heteroatoms. The Morgan fingerprint density at radius 3 is 2.60 bits per heavy atom. The number of nitrogens with zero attached hydrogens (tertiary/aromatic N) is 2. The second-order valence-corrected chi connectivity index (χ2v) is 12.0. The SMILES string of the molecule is Cc1ccc(NC(=O)[C@@H]2CS[C@@]3(C)CCC(=O)N23)cc1S(=O)(=O)N1CCCCCC1. The molecule has 7 nitrogen and oxygen atoms in total. The summed E-state index contributed by atoms with van der Waals surface area (Å²) in [6, 6.07) is 4.49. The first-order valence-electron chi connectivity index (χ1n) is 10.6. The third-order valence-corrected chi connectivity index (χ3v) is 9.93. The fourth-order valence-corrected chi connectivity index (χ4v) is 7.82. The van der Waals surface area contributed by atoms with Crippen molar-refractivity contribution in [3.63, 3.8) is 0 Å². The highest BCUT2D eigenvalue weighted by Gasteiger charge is 2.52. The van der Waals surface area contributed by atoms with Crippen molar-refractivity contribution >= 4 is 39.3 Å². The number of anilines is 1. The van der Waals surface area contributed by atoms with Crippen molar-refractivity contribution in [3.8, 4) is 0 Å². The van der Waals surface area contributed by atoms with Gasteiger partial charge in [0.2, 0.25) is 21.8 Å². The van der Waals surface area contributed by atoms with Crippen LogP contribution in [0.1, 0.15) is 51.0 Å². The minimum atomic E-state index is -3.61. The molecule has 1 N–H and O–H groups in total. The molecule has 164 valence electrons. The number of carbonyl (C=O) groups excluding carboxylic acids is 2. The van der Waals surface area contributed by atoms with Crippen LogP contribution in [0.5, 0.6) is 0 Å². The predicted octanol–water partition coefficient (Wildman–Crippen LogP) is 2.95. The normalized spacial score (nSPS) is 27.7. The van der Waals surface area contributed by atoms with E-state index in [4.69, 9.17) is 0 Å². The molecule has 0 radical (unpaired) electrons. The molecule has 0 aromatic heterocycles. The Kier molecular flexibility index (Phi) is 5.89. The van der Waals surface area contributed by atoms with Gasteiger partial charge in [-0.3, -0.25) is 9.59 Å². The van der Waals surface area contributed by atoms with Gasteiger partial charge in [0.15, 0.2) is 0 Å². The quantitative estimate of drug-likeness (QED) is 0.761. The number of benzene rings is 1. The topological polar surface area (TPSA) is 86.8 Å². The number of fused-ring (bicyclic) bond motifs is 1. The summed E-state index contributed by atoms with van der Waals surface area (Å²) in [5.74, 6) is 0.304. The zero-order valence-electron chi connectivity index (χ0n) is 17.5. The molecule has 3 aliphatic rings. The molecule has 0 spiro atoms. The summed E-state index contributed by atoms with van der Waals surface area (Å²) in [7, 11) is -3.61. The first-order chi connectivity index (χ1) is 14.2. The number of carbonyl (C=O) groups is 2. The summed E-state index contributed by atoms with van der Waals surface area (Å²) in [5, 5.41) is 2.86. The maximum Gasteiger partial charge on any atom is 0.248 e. The van der Waals surface area contributed by atoms with Crippen molar-refractivity contribution in [3.05, 3.63) is 23.8 Å². The zero-order valence-corrected chi connectivity index (χ0v) is 19.2. The van der Waals surface area contributed by atoms with Gasteiger partial charge in [0.25, 0.3) is 0 Å². The molecular weight excluding hydrogens is 422 g/mol. The number of nitrogens with one attached hydrogen (secondary N) is 1. The largest absolute Gasteiger partial charge is 0.324 e. The van der Waals surface area contributed by atoms with E-state index in [0.717, 1.165) is 32.1 Å². The summed E-state index contributed by atoms with van der Waals surface area (Å²) < 4.78 is 28.1. The van der Waals surface area contributed by atoms with Crippen LogP contribution < -0.4 is 5.32 Å². The van der Waals surface area contributed by atoms with E-state index < -0.39 is 16.1 Å². The molecule has 0 aliphatic carbocycles. The number of hydrogen-bond acceptors (Lipinski definition) is 5. The van der Waals surface area contributed by atoms with Crippen LogP contribution in [0.3, 0.4) is 0 Å². The Hall–Kier alpha value is -1.58. The van der Waals surface area contributed by atoms with Crippen molar-refractivity contribution in [1.29, 1.82) is 0 Å². The average molecular weight is 452 g/mol. The summed E-state index contributed by atoms with van der Waals surface area (Å²) >= 11 is 1.64. The maximum atomic E-state index is 13.2. The number of thioether (sulfide) groups is 1. The Morgan fingerprint density at radius 1 is 1.20 bits per heavy atom. The molecule has 0 bridgehead atoms. The van der Waals surface area contributed by atoms with Gasteiger partial charge < -0.3 is 10.2 Å². The molecule has 3 fully saturated rings. The van der Waals surface area contributed by atoms with Gasteiger partial charge in [-0.05, 0) is 50.8 Å². The van der Waals surface area contributed by atoms with E-state index in [2.05, 4.69) is 5.32 Å². The summed E-state index contributed by atoms with van der Waals surface area (Å²) in [6.07, 6.45) is 5.07. The van der Waals surface area contributed by atoms with Gasteiger partial charge in [-0.15, -0.1) is 11.8 Å². The van der Waals surface area contributed by atoms with Gasteiger partial charge in [-0.25, -0.2) is 8.42 Å². The van der Waals surface area contributed by atoms with Gasteiger partial charge in [0.05, 0.1) is 9.77 Å². The summed E-state index contributed by atoms with van der Waals surface area (Å²) in [6.45, 7) is 4.85. The summed E-state index contributed by atoms with van der Waals surface area (Å²) in [4.78, 5) is 26.9. The van der Waals surface area contributed by atoms with Crippen molar-refractivity contribution < 1.29 is 18.0 Å². The lowest BCUT2D eigenvalue weighted by Gasteiger charge is -2.30. The minimum absolute atomic E-state index is 0.0102. The van der Waals surface area contributed by atoms with Crippen LogP contribution in [-0.2, 0) is 19.6 Å². The number of aryl methyl sites for hydroxylation is 1. The van der Waals surface area contributed by atoms with E-state index in [-0.39, 0.29) is 21.6 Å². The average Bonchev–Trinajstić information content (AvgIpc) is 3.04. The highest BCUT2D eigenvalue weighted by Crippen LogP contribution is 2.47. The first-order valence-corrected chi connectivity index (χ1v) is 13.0. The molecule has 2 atom stereocenters. The first kappa shape index (κ1) is 21.6. The third kappa shape index (κ3) is 3.87.